The molecule has 1 rings (SSSR count). The fourth-order valence-electron chi connectivity index (χ4n) is 1.77. The number of pyridine rings is 1. The Balaban J connectivity index is 3.17. The van der Waals surface area contributed by atoms with Gasteiger partial charge in [-0.1, -0.05) is 6.58 Å². The summed E-state index contributed by atoms with van der Waals surface area (Å²) in [6.07, 6.45) is 2.94. The van der Waals surface area contributed by atoms with Gasteiger partial charge in [0.2, 0.25) is 0 Å². The Morgan fingerprint density at radius 3 is 2.67 bits per heavy atom. The average molecular weight is 288 g/mol. The van der Waals surface area contributed by atoms with Gasteiger partial charge < -0.3 is 5.32 Å². The summed E-state index contributed by atoms with van der Waals surface area (Å²) in [7, 11) is 3.29. The van der Waals surface area contributed by atoms with Crippen LogP contribution in [0.2, 0.25) is 0 Å². The van der Waals surface area contributed by atoms with Crippen molar-refractivity contribution in [2.24, 2.45) is 9.98 Å². The van der Waals surface area contributed by atoms with Crippen LogP contribution < -0.4 is 5.32 Å². The maximum Gasteiger partial charge on any atom is 0.163 e. The van der Waals surface area contributed by atoms with Crippen molar-refractivity contribution in [2.75, 3.05) is 14.1 Å². The summed E-state index contributed by atoms with van der Waals surface area (Å²) in [6.45, 7) is 9.20. The molecule has 0 spiro atoms. The number of aryl methyl sites for hydroxylation is 2. The molecule has 5 heteroatoms. The standard InChI is InChI=1S/C16H21FN4/c1-10-7-14(11(2)20-8-10)16(19-6)13(4)21-9-15(17)12(3)18-5/h7-9,18H,3H2,1-2,4-6H3/b15-9+,19-16-,21-13+. The Morgan fingerprint density at radius 1 is 1.43 bits per heavy atom. The van der Waals surface area contributed by atoms with Gasteiger partial charge in [0, 0.05) is 31.5 Å². The number of rotatable bonds is 5. The van der Waals surface area contributed by atoms with Crippen LogP contribution in [0.5, 0.6) is 0 Å². The Kier molecular flexibility index (Phi) is 5.96. The number of hydrogen-bond acceptors (Lipinski definition) is 4. The minimum absolute atomic E-state index is 0.190. The van der Waals surface area contributed by atoms with Gasteiger partial charge >= 0.3 is 0 Å². The van der Waals surface area contributed by atoms with Gasteiger partial charge in [0.15, 0.2) is 5.83 Å². The number of aromatic nitrogens is 1. The summed E-state index contributed by atoms with van der Waals surface area (Å²) < 4.78 is 13.6. The van der Waals surface area contributed by atoms with Crippen molar-refractivity contribution in [3.63, 3.8) is 0 Å². The minimum Gasteiger partial charge on any atom is -0.386 e. The predicted molar refractivity (Wildman–Crippen MR) is 86.7 cm³/mol. The van der Waals surface area contributed by atoms with Crippen molar-refractivity contribution in [1.82, 2.24) is 10.3 Å². The lowest BCUT2D eigenvalue weighted by Crippen LogP contribution is -2.14. The molecule has 1 heterocycles. The van der Waals surface area contributed by atoms with Crippen LogP contribution >= 0.6 is 0 Å². The highest BCUT2D eigenvalue weighted by Crippen LogP contribution is 2.11. The molecule has 0 bridgehead atoms. The topological polar surface area (TPSA) is 49.6 Å². The lowest BCUT2D eigenvalue weighted by atomic mass is 10.0. The molecule has 0 aliphatic rings. The van der Waals surface area contributed by atoms with Gasteiger partial charge in [-0.05, 0) is 32.4 Å². The van der Waals surface area contributed by atoms with Crippen LogP contribution in [0.3, 0.4) is 0 Å². The van der Waals surface area contributed by atoms with Gasteiger partial charge in [0.05, 0.1) is 23.3 Å². The number of allylic oxidation sites excluding steroid dienone is 1. The molecule has 0 unspecified atom stereocenters. The van der Waals surface area contributed by atoms with E-state index in [4.69, 9.17) is 0 Å². The Labute approximate surface area is 125 Å². The molecule has 4 nitrogen and oxygen atoms in total. The van der Waals surface area contributed by atoms with E-state index < -0.39 is 5.83 Å². The Hall–Kier alpha value is -2.30. The van der Waals surface area contributed by atoms with Crippen LogP contribution in [-0.2, 0) is 0 Å². The third-order valence-corrected chi connectivity index (χ3v) is 3.01. The zero-order chi connectivity index (χ0) is 16.0. The van der Waals surface area contributed by atoms with Crippen molar-refractivity contribution < 1.29 is 4.39 Å². The highest BCUT2D eigenvalue weighted by Gasteiger charge is 2.11. The first-order valence-electron chi connectivity index (χ1n) is 6.58. The molecule has 0 fully saturated rings. The van der Waals surface area contributed by atoms with E-state index in [1.54, 1.807) is 27.2 Å². The van der Waals surface area contributed by atoms with Crippen LogP contribution in [0.15, 0.2) is 46.6 Å². The predicted octanol–water partition coefficient (Wildman–Crippen LogP) is 3.12. The molecule has 1 N–H and O–H groups in total. The van der Waals surface area contributed by atoms with E-state index in [9.17, 15) is 4.39 Å². The molecule has 1 aromatic rings. The summed E-state index contributed by atoms with van der Waals surface area (Å²) >= 11 is 0. The lowest BCUT2D eigenvalue weighted by molar-refractivity contribution is 0.632. The highest BCUT2D eigenvalue weighted by molar-refractivity contribution is 6.48. The summed E-state index contributed by atoms with van der Waals surface area (Å²) in [5.41, 5.74) is 4.31. The fraction of sp³-hybridized carbons (Fsp3) is 0.312. The quantitative estimate of drug-likeness (QED) is 0.668. The van der Waals surface area contributed by atoms with Crippen molar-refractivity contribution in [1.29, 1.82) is 0 Å². The summed E-state index contributed by atoms with van der Waals surface area (Å²) in [5.74, 6) is -0.508. The molecule has 0 radical (unpaired) electrons. The molecule has 0 aromatic carbocycles. The summed E-state index contributed by atoms with van der Waals surface area (Å²) in [6, 6.07) is 2.00. The molecule has 0 saturated carbocycles. The first-order valence-corrected chi connectivity index (χ1v) is 6.58. The van der Waals surface area contributed by atoms with Crippen LogP contribution in [0.25, 0.3) is 0 Å². The van der Waals surface area contributed by atoms with Crippen molar-refractivity contribution in [2.45, 2.75) is 20.8 Å². The fourth-order valence-corrected chi connectivity index (χ4v) is 1.77. The first-order chi connectivity index (χ1) is 9.90. The smallest absolute Gasteiger partial charge is 0.163 e. The summed E-state index contributed by atoms with van der Waals surface area (Å²) in [4.78, 5) is 12.7. The zero-order valence-corrected chi connectivity index (χ0v) is 13.2. The second-order valence-electron chi connectivity index (χ2n) is 4.64. The number of hydrogen-bond donors (Lipinski definition) is 1. The van der Waals surface area contributed by atoms with Gasteiger partial charge in [-0.2, -0.15) is 0 Å². The van der Waals surface area contributed by atoms with Crippen LogP contribution in [0, 0.1) is 13.8 Å². The molecule has 0 atom stereocenters. The van der Waals surface area contributed by atoms with Crippen molar-refractivity contribution >= 4 is 11.4 Å². The monoisotopic (exact) mass is 288 g/mol. The molecule has 21 heavy (non-hydrogen) atoms. The van der Waals surface area contributed by atoms with Gasteiger partial charge in [-0.3, -0.25) is 15.0 Å². The normalized spacial score (nSPS) is 13.3. The van der Waals surface area contributed by atoms with Crippen LogP contribution in [0.1, 0.15) is 23.7 Å². The molecule has 0 saturated heterocycles. The molecular weight excluding hydrogens is 267 g/mol. The van der Waals surface area contributed by atoms with Crippen molar-refractivity contribution in [3.8, 4) is 0 Å². The van der Waals surface area contributed by atoms with E-state index in [0.29, 0.717) is 11.4 Å². The van der Waals surface area contributed by atoms with E-state index in [1.807, 2.05) is 19.9 Å². The third-order valence-electron chi connectivity index (χ3n) is 3.01. The maximum absolute atomic E-state index is 13.6. The molecular formula is C16H21FN4. The van der Waals surface area contributed by atoms with Gasteiger partial charge in [-0.25, -0.2) is 4.39 Å². The third kappa shape index (κ3) is 4.34. The molecule has 0 aliphatic carbocycles. The van der Waals surface area contributed by atoms with E-state index >= 15 is 0 Å². The van der Waals surface area contributed by atoms with Gasteiger partial charge in [0.25, 0.3) is 0 Å². The maximum atomic E-state index is 13.6. The average Bonchev–Trinajstić information content (AvgIpc) is 2.48. The molecule has 112 valence electrons. The van der Waals surface area contributed by atoms with Crippen LogP contribution in [0.4, 0.5) is 4.39 Å². The van der Waals surface area contributed by atoms with E-state index in [2.05, 4.69) is 26.9 Å². The Morgan fingerprint density at radius 2 is 2.10 bits per heavy atom. The second-order valence-corrected chi connectivity index (χ2v) is 4.64. The van der Waals surface area contributed by atoms with Gasteiger partial charge in [0.1, 0.15) is 0 Å². The van der Waals surface area contributed by atoms with Gasteiger partial charge in [-0.15, -0.1) is 0 Å². The number of nitrogens with one attached hydrogen (secondary N) is 1. The first kappa shape index (κ1) is 16.8. The lowest BCUT2D eigenvalue weighted by Gasteiger charge is -2.09. The Bertz CT molecular complexity index is 627. The SMILES string of the molecule is C=C(NC)\C(F)=C/N=C(C)/C(=N/C)c1cc(C)cnc1C. The van der Waals surface area contributed by atoms with E-state index in [1.165, 1.54) is 0 Å². The second kappa shape index (κ2) is 7.47. The minimum atomic E-state index is -0.508. The molecule has 0 amide bonds. The number of halogens is 1. The largest absolute Gasteiger partial charge is 0.386 e. The van der Waals surface area contributed by atoms with Crippen LogP contribution in [-0.4, -0.2) is 30.5 Å². The number of likely N-dealkylation sites (N-methyl/N-ethyl adjacent to an activating group) is 1. The highest BCUT2D eigenvalue weighted by atomic mass is 19.1. The van der Waals surface area contributed by atoms with E-state index in [0.717, 1.165) is 23.0 Å². The molecule has 1 aromatic heterocycles. The molecule has 0 aliphatic heterocycles. The van der Waals surface area contributed by atoms with E-state index in [-0.39, 0.29) is 5.70 Å². The number of nitrogens with zero attached hydrogens (tertiary/aromatic N) is 3. The summed E-state index contributed by atoms with van der Waals surface area (Å²) in [5, 5.41) is 2.63. The number of aliphatic imine (C=N–C) groups is 2. The van der Waals surface area contributed by atoms with Crippen molar-refractivity contribution in [3.05, 3.63) is 53.4 Å². The zero-order valence-electron chi connectivity index (χ0n) is 13.2.